The molecule has 1 aliphatic heterocycles. The lowest BCUT2D eigenvalue weighted by atomic mass is 9.96. The van der Waals surface area contributed by atoms with Crippen molar-refractivity contribution in [3.63, 3.8) is 0 Å². The summed E-state index contributed by atoms with van der Waals surface area (Å²) < 4.78 is 7.59. The number of aliphatic hydroxyl groups is 1. The summed E-state index contributed by atoms with van der Waals surface area (Å²) in [5.74, 6) is -1.16. The Hall–Kier alpha value is -3.98. The van der Waals surface area contributed by atoms with Gasteiger partial charge >= 0.3 is 5.91 Å². The van der Waals surface area contributed by atoms with E-state index in [1.807, 2.05) is 36.4 Å². The van der Waals surface area contributed by atoms with Crippen molar-refractivity contribution in [3.8, 4) is 5.75 Å². The van der Waals surface area contributed by atoms with Gasteiger partial charge in [0.25, 0.3) is 5.78 Å². The Bertz CT molecular complexity index is 1440. The Labute approximate surface area is 206 Å². The second kappa shape index (κ2) is 9.34. The highest BCUT2D eigenvalue weighted by atomic mass is 32.1. The van der Waals surface area contributed by atoms with Gasteiger partial charge in [0.05, 0.1) is 23.9 Å². The van der Waals surface area contributed by atoms with E-state index in [1.165, 1.54) is 16.2 Å². The molecule has 178 valence electrons. The van der Waals surface area contributed by atoms with E-state index in [-0.39, 0.29) is 11.3 Å². The van der Waals surface area contributed by atoms with E-state index < -0.39 is 17.7 Å². The van der Waals surface area contributed by atoms with Crippen molar-refractivity contribution in [2.45, 2.75) is 32.7 Å². The summed E-state index contributed by atoms with van der Waals surface area (Å²) in [6.45, 7) is 4.41. The van der Waals surface area contributed by atoms with Gasteiger partial charge in [-0.15, -0.1) is 11.3 Å². The molecular weight excluding hydrogens is 464 g/mol. The predicted molar refractivity (Wildman–Crippen MR) is 134 cm³/mol. The maximum absolute atomic E-state index is 13.4. The Balaban J connectivity index is 1.70. The molecule has 1 amide bonds. The number of Topliss-reactive ketones (excluding diaryl/α,β-unsaturated/α-hetero) is 1. The first-order valence-electron chi connectivity index (χ1n) is 11.4. The number of carbonyl (C=O) groups excluding carboxylic acids is 2. The zero-order valence-electron chi connectivity index (χ0n) is 19.3. The minimum Gasteiger partial charge on any atom is -0.505 e. The summed E-state index contributed by atoms with van der Waals surface area (Å²) in [4.78, 5) is 36.8. The topological polar surface area (TPSA) is 97.0 Å². The van der Waals surface area contributed by atoms with Crippen molar-refractivity contribution >= 4 is 39.6 Å². The largest absolute Gasteiger partial charge is 0.505 e. The molecule has 4 aromatic rings. The van der Waals surface area contributed by atoms with Gasteiger partial charge in [-0.1, -0.05) is 31.5 Å². The van der Waals surface area contributed by atoms with Crippen LogP contribution in [-0.2, 0) is 9.59 Å². The minimum atomic E-state index is -0.871. The van der Waals surface area contributed by atoms with Gasteiger partial charge in [-0.3, -0.25) is 18.9 Å². The highest BCUT2D eigenvalue weighted by molar-refractivity contribution is 7.14. The van der Waals surface area contributed by atoms with Crippen molar-refractivity contribution in [3.05, 3.63) is 82.8 Å². The summed E-state index contributed by atoms with van der Waals surface area (Å²) in [7, 11) is 0. The van der Waals surface area contributed by atoms with Crippen LogP contribution in [0, 0.1) is 6.92 Å². The second-order valence-corrected chi connectivity index (χ2v) is 9.11. The molecule has 35 heavy (non-hydrogen) atoms. The van der Waals surface area contributed by atoms with Crippen molar-refractivity contribution in [2.75, 3.05) is 11.5 Å². The quantitative estimate of drug-likeness (QED) is 0.172. The Kier molecular flexibility index (Phi) is 6.08. The molecule has 3 aromatic heterocycles. The summed E-state index contributed by atoms with van der Waals surface area (Å²) in [6, 6.07) is 11.9. The third kappa shape index (κ3) is 3.97. The highest BCUT2D eigenvalue weighted by Gasteiger charge is 2.48. The molecule has 0 radical (unpaired) electrons. The molecule has 0 saturated carbocycles. The van der Waals surface area contributed by atoms with Crippen LogP contribution in [0.5, 0.6) is 5.75 Å². The number of unbranched alkanes of at least 4 members (excludes halogenated alkanes) is 1. The normalized spacial score (nSPS) is 17.4. The number of imidazole rings is 1. The van der Waals surface area contributed by atoms with Gasteiger partial charge in [0.2, 0.25) is 0 Å². The van der Waals surface area contributed by atoms with Crippen LogP contribution in [0.1, 0.15) is 42.8 Å². The van der Waals surface area contributed by atoms with Gasteiger partial charge in [-0.05, 0) is 43.2 Å². The molecule has 8 nitrogen and oxygen atoms in total. The Morgan fingerprint density at radius 1 is 1.20 bits per heavy atom. The molecule has 9 heteroatoms. The van der Waals surface area contributed by atoms with Gasteiger partial charge in [-0.2, -0.15) is 0 Å². The van der Waals surface area contributed by atoms with Crippen molar-refractivity contribution < 1.29 is 19.4 Å². The number of carbonyl (C=O) groups is 2. The first-order valence-corrected chi connectivity index (χ1v) is 12.3. The van der Waals surface area contributed by atoms with E-state index in [4.69, 9.17) is 4.74 Å². The lowest BCUT2D eigenvalue weighted by Gasteiger charge is -2.23. The van der Waals surface area contributed by atoms with Crippen molar-refractivity contribution in [1.29, 1.82) is 0 Å². The fourth-order valence-corrected chi connectivity index (χ4v) is 4.98. The number of aliphatic hydroxyl groups excluding tert-OH is 1. The molecule has 1 saturated heterocycles. The molecular formula is C26H24N4O4S. The third-order valence-electron chi connectivity index (χ3n) is 5.94. The molecule has 1 atom stereocenters. The van der Waals surface area contributed by atoms with Gasteiger partial charge in [0.15, 0.2) is 10.9 Å². The molecule has 0 aliphatic carbocycles. The number of ether oxygens (including phenoxy) is 1. The van der Waals surface area contributed by atoms with Gasteiger partial charge < -0.3 is 9.84 Å². The number of benzene rings is 1. The number of aryl methyl sites for hydroxylation is 1. The van der Waals surface area contributed by atoms with E-state index in [0.29, 0.717) is 40.1 Å². The lowest BCUT2D eigenvalue weighted by Crippen LogP contribution is -2.29. The van der Waals surface area contributed by atoms with Crippen LogP contribution in [0.3, 0.4) is 0 Å². The number of pyridine rings is 1. The van der Waals surface area contributed by atoms with Crippen molar-refractivity contribution in [1.82, 2.24) is 14.4 Å². The molecule has 1 aromatic carbocycles. The number of ketones is 1. The van der Waals surface area contributed by atoms with Crippen LogP contribution < -0.4 is 9.64 Å². The van der Waals surface area contributed by atoms with Crippen LogP contribution in [0.15, 0.2) is 65.8 Å². The van der Waals surface area contributed by atoms with Crippen LogP contribution in [-0.4, -0.2) is 37.8 Å². The molecule has 5 rings (SSSR count). The predicted octanol–water partition coefficient (Wildman–Crippen LogP) is 4.90. The first-order chi connectivity index (χ1) is 17.0. The Morgan fingerprint density at radius 2 is 2.06 bits per heavy atom. The summed E-state index contributed by atoms with van der Waals surface area (Å²) in [5, 5.41) is 13.7. The fourth-order valence-electron chi connectivity index (χ4n) is 4.32. The number of anilines is 1. The number of nitrogens with zero attached hydrogens (tertiary/aromatic N) is 4. The maximum Gasteiger partial charge on any atom is 0.301 e. The van der Waals surface area contributed by atoms with Crippen LogP contribution in [0.2, 0.25) is 0 Å². The SMILES string of the molecule is CCCCOc1cccc(C2/C(=C(\O)c3c(C)nc4ccccn34)C(=O)C(=O)N2c2nccs2)c1. The molecule has 1 N–H and O–H groups in total. The number of thiazole rings is 1. The summed E-state index contributed by atoms with van der Waals surface area (Å²) in [5.41, 5.74) is 2.18. The molecule has 1 unspecified atom stereocenters. The summed E-state index contributed by atoms with van der Waals surface area (Å²) >= 11 is 1.25. The van der Waals surface area contributed by atoms with Crippen molar-refractivity contribution in [2.24, 2.45) is 0 Å². The van der Waals surface area contributed by atoms with Crippen LogP contribution >= 0.6 is 11.3 Å². The monoisotopic (exact) mass is 488 g/mol. The second-order valence-electron chi connectivity index (χ2n) is 8.23. The van der Waals surface area contributed by atoms with Crippen LogP contribution in [0.25, 0.3) is 11.4 Å². The molecule has 0 spiro atoms. The average molecular weight is 489 g/mol. The zero-order valence-corrected chi connectivity index (χ0v) is 20.2. The number of fused-ring (bicyclic) bond motifs is 1. The number of amides is 1. The lowest BCUT2D eigenvalue weighted by molar-refractivity contribution is -0.132. The maximum atomic E-state index is 13.4. The number of hydrogen-bond donors (Lipinski definition) is 1. The van der Waals surface area contributed by atoms with E-state index >= 15 is 0 Å². The highest BCUT2D eigenvalue weighted by Crippen LogP contribution is 2.43. The van der Waals surface area contributed by atoms with E-state index in [2.05, 4.69) is 16.9 Å². The molecule has 0 bridgehead atoms. The van der Waals surface area contributed by atoms with Gasteiger partial charge in [-0.25, -0.2) is 9.97 Å². The minimum absolute atomic E-state index is 0.00957. The molecule has 1 aliphatic rings. The van der Waals surface area contributed by atoms with Crippen LogP contribution in [0.4, 0.5) is 5.13 Å². The Morgan fingerprint density at radius 3 is 2.83 bits per heavy atom. The zero-order chi connectivity index (χ0) is 24.5. The number of hydrogen-bond acceptors (Lipinski definition) is 7. The van der Waals surface area contributed by atoms with Gasteiger partial charge in [0.1, 0.15) is 17.1 Å². The van der Waals surface area contributed by atoms with E-state index in [0.717, 1.165) is 12.8 Å². The standard InChI is InChI=1S/C26H24N4O4S/c1-3-4-13-34-18-9-7-8-17(15-18)22-20(24(32)25(33)30(22)26-27-11-14-35-26)23(31)21-16(2)28-19-10-5-6-12-29(19)21/h5-12,14-15,22,31H,3-4,13H2,1-2H3/b23-20+. The number of aromatic nitrogens is 3. The van der Waals surface area contributed by atoms with Gasteiger partial charge in [0, 0.05) is 17.8 Å². The smallest absolute Gasteiger partial charge is 0.301 e. The fraction of sp³-hybridized carbons (Fsp3) is 0.231. The first kappa shape index (κ1) is 22.8. The summed E-state index contributed by atoms with van der Waals surface area (Å²) in [6.07, 6.45) is 5.26. The molecule has 4 heterocycles. The van der Waals surface area contributed by atoms with E-state index in [1.54, 1.807) is 35.2 Å². The number of rotatable bonds is 7. The third-order valence-corrected chi connectivity index (χ3v) is 6.71. The average Bonchev–Trinajstić information content (AvgIpc) is 3.56. The molecule has 1 fully saturated rings. The van der Waals surface area contributed by atoms with E-state index in [9.17, 15) is 14.7 Å².